The van der Waals surface area contributed by atoms with E-state index in [1.165, 1.54) is 44.1 Å². The lowest BCUT2D eigenvalue weighted by Gasteiger charge is -2.11. The fourth-order valence-electron chi connectivity index (χ4n) is 3.68. The summed E-state index contributed by atoms with van der Waals surface area (Å²) < 4.78 is 1.12. The van der Waals surface area contributed by atoms with Crippen molar-refractivity contribution in [2.24, 2.45) is 0 Å². The van der Waals surface area contributed by atoms with E-state index in [9.17, 15) is 0 Å². The summed E-state index contributed by atoms with van der Waals surface area (Å²) in [6, 6.07) is 31.9. The number of para-hydroxylation sites is 2. The Bertz CT molecular complexity index is 1240. The van der Waals surface area contributed by atoms with Crippen molar-refractivity contribution in [3.63, 3.8) is 0 Å². The van der Waals surface area contributed by atoms with E-state index in [-0.39, 0.29) is 0 Å². The minimum atomic E-state index is 1.12. The highest BCUT2D eigenvalue weighted by molar-refractivity contribution is 9.10. The lowest BCUT2D eigenvalue weighted by Crippen LogP contribution is -1.86. The van der Waals surface area contributed by atoms with Gasteiger partial charge in [-0.05, 0) is 38.7 Å². The molecule has 1 nitrogen and oxygen atoms in total. The molecule has 0 aliphatic rings. The van der Waals surface area contributed by atoms with Gasteiger partial charge in [-0.25, -0.2) is 0 Å². The number of nitrogens with one attached hydrogen (secondary N) is 1. The second-order valence-electron chi connectivity index (χ2n) is 6.43. The molecule has 5 rings (SSSR count). The molecule has 124 valence electrons. The summed E-state index contributed by atoms with van der Waals surface area (Å²) in [4.78, 5) is 3.61. The maximum atomic E-state index is 3.87. The van der Waals surface area contributed by atoms with Gasteiger partial charge in [-0.2, -0.15) is 0 Å². The van der Waals surface area contributed by atoms with Crippen molar-refractivity contribution in [1.82, 2.24) is 4.98 Å². The molecule has 0 atom stereocenters. The quantitative estimate of drug-likeness (QED) is 0.319. The molecule has 0 saturated heterocycles. The predicted octanol–water partition coefficient (Wildman–Crippen LogP) is 7.42. The Kier molecular flexibility index (Phi) is 3.65. The summed E-state index contributed by atoms with van der Waals surface area (Å²) >= 11 is 3.87. The standard InChI is InChI=1S/C24H16BrN/c25-23-17(16-8-2-1-3-9-16)11-6-12-19(23)21-14-7-13-20-18-10-4-5-15-22(18)26-24(20)21/h1-15,26H. The summed E-state index contributed by atoms with van der Waals surface area (Å²) in [5.41, 5.74) is 7.18. The first kappa shape index (κ1) is 15.4. The van der Waals surface area contributed by atoms with Crippen molar-refractivity contribution in [2.75, 3.05) is 0 Å². The smallest absolute Gasteiger partial charge is 0.0544 e. The van der Waals surface area contributed by atoms with E-state index in [0.29, 0.717) is 0 Å². The Morgan fingerprint density at radius 1 is 0.538 bits per heavy atom. The molecule has 0 aliphatic heterocycles. The van der Waals surface area contributed by atoms with E-state index < -0.39 is 0 Å². The summed E-state index contributed by atoms with van der Waals surface area (Å²) in [6.45, 7) is 0. The molecular formula is C24H16BrN. The zero-order chi connectivity index (χ0) is 17.5. The summed E-state index contributed by atoms with van der Waals surface area (Å²) in [7, 11) is 0. The van der Waals surface area contributed by atoms with E-state index in [1.807, 2.05) is 6.07 Å². The topological polar surface area (TPSA) is 15.8 Å². The maximum Gasteiger partial charge on any atom is 0.0544 e. The van der Waals surface area contributed by atoms with Crippen LogP contribution in [-0.2, 0) is 0 Å². The van der Waals surface area contributed by atoms with Crippen LogP contribution in [0.5, 0.6) is 0 Å². The minimum absolute atomic E-state index is 1.12. The number of halogens is 1. The second kappa shape index (κ2) is 6.15. The minimum Gasteiger partial charge on any atom is -0.354 e. The molecule has 0 amide bonds. The molecule has 0 fully saturated rings. The Hall–Kier alpha value is -2.84. The van der Waals surface area contributed by atoms with E-state index in [0.717, 1.165) is 4.47 Å². The second-order valence-corrected chi connectivity index (χ2v) is 7.22. The number of aromatic nitrogens is 1. The molecule has 0 unspecified atom stereocenters. The molecule has 4 aromatic carbocycles. The van der Waals surface area contributed by atoms with Crippen LogP contribution in [0.15, 0.2) is 95.5 Å². The summed E-state index contributed by atoms with van der Waals surface area (Å²) in [5.74, 6) is 0. The van der Waals surface area contributed by atoms with Crippen LogP contribution in [0.25, 0.3) is 44.1 Å². The molecule has 2 heteroatoms. The van der Waals surface area contributed by atoms with E-state index in [1.54, 1.807) is 0 Å². The summed E-state index contributed by atoms with van der Waals surface area (Å²) in [6.07, 6.45) is 0. The van der Waals surface area contributed by atoms with Crippen molar-refractivity contribution < 1.29 is 0 Å². The average Bonchev–Trinajstić information content (AvgIpc) is 3.08. The van der Waals surface area contributed by atoms with E-state index in [4.69, 9.17) is 0 Å². The first-order valence-electron chi connectivity index (χ1n) is 8.67. The highest BCUT2D eigenvalue weighted by Crippen LogP contribution is 2.40. The average molecular weight is 398 g/mol. The van der Waals surface area contributed by atoms with Crippen molar-refractivity contribution in [2.45, 2.75) is 0 Å². The van der Waals surface area contributed by atoms with Crippen molar-refractivity contribution in [1.29, 1.82) is 0 Å². The van der Waals surface area contributed by atoms with Gasteiger partial charge in [0.25, 0.3) is 0 Å². The van der Waals surface area contributed by atoms with Crippen LogP contribution < -0.4 is 0 Å². The molecule has 0 spiro atoms. The largest absolute Gasteiger partial charge is 0.354 e. The number of H-pyrrole nitrogens is 1. The number of fused-ring (bicyclic) bond motifs is 3. The van der Waals surface area contributed by atoms with Gasteiger partial charge in [-0.15, -0.1) is 0 Å². The molecule has 0 saturated carbocycles. The van der Waals surface area contributed by atoms with Crippen molar-refractivity contribution in [3.8, 4) is 22.3 Å². The molecule has 0 aliphatic carbocycles. The van der Waals surface area contributed by atoms with Crippen LogP contribution >= 0.6 is 15.9 Å². The molecular weight excluding hydrogens is 382 g/mol. The molecule has 26 heavy (non-hydrogen) atoms. The van der Waals surface area contributed by atoms with Crippen LogP contribution in [-0.4, -0.2) is 4.98 Å². The van der Waals surface area contributed by atoms with Gasteiger partial charge in [0.2, 0.25) is 0 Å². The van der Waals surface area contributed by atoms with Crippen molar-refractivity contribution >= 4 is 37.7 Å². The van der Waals surface area contributed by atoms with Gasteiger partial charge in [-0.3, -0.25) is 0 Å². The first-order chi connectivity index (χ1) is 12.8. The third kappa shape index (κ3) is 2.38. The van der Waals surface area contributed by atoms with Gasteiger partial charge < -0.3 is 4.98 Å². The Morgan fingerprint density at radius 2 is 1.19 bits per heavy atom. The lowest BCUT2D eigenvalue weighted by atomic mass is 9.97. The number of hydrogen-bond donors (Lipinski definition) is 1. The van der Waals surface area contributed by atoms with E-state index in [2.05, 4.69) is 106 Å². The molecule has 5 aromatic rings. The van der Waals surface area contributed by atoms with Gasteiger partial charge in [0, 0.05) is 26.3 Å². The molecule has 1 heterocycles. The molecule has 1 aromatic heterocycles. The van der Waals surface area contributed by atoms with Gasteiger partial charge in [-0.1, -0.05) is 84.9 Å². The zero-order valence-electron chi connectivity index (χ0n) is 14.0. The normalized spacial score (nSPS) is 11.3. The maximum absolute atomic E-state index is 3.87. The third-order valence-corrected chi connectivity index (χ3v) is 5.77. The van der Waals surface area contributed by atoms with Crippen LogP contribution in [0.2, 0.25) is 0 Å². The highest BCUT2D eigenvalue weighted by atomic mass is 79.9. The zero-order valence-corrected chi connectivity index (χ0v) is 15.6. The van der Waals surface area contributed by atoms with Gasteiger partial charge in [0.15, 0.2) is 0 Å². The molecule has 0 radical (unpaired) electrons. The third-order valence-electron chi connectivity index (χ3n) is 4.92. The lowest BCUT2D eigenvalue weighted by molar-refractivity contribution is 1.52. The van der Waals surface area contributed by atoms with E-state index >= 15 is 0 Å². The molecule has 0 bridgehead atoms. The number of rotatable bonds is 2. The monoisotopic (exact) mass is 397 g/mol. The number of benzene rings is 4. The Balaban J connectivity index is 1.79. The fourth-order valence-corrected chi connectivity index (χ4v) is 4.39. The van der Waals surface area contributed by atoms with Gasteiger partial charge in [0.1, 0.15) is 0 Å². The first-order valence-corrected chi connectivity index (χ1v) is 9.46. The Morgan fingerprint density at radius 3 is 2.08 bits per heavy atom. The number of hydrogen-bond acceptors (Lipinski definition) is 0. The Labute approximate surface area is 160 Å². The van der Waals surface area contributed by atoms with Crippen LogP contribution in [0, 0.1) is 0 Å². The van der Waals surface area contributed by atoms with Gasteiger partial charge in [0.05, 0.1) is 5.52 Å². The van der Waals surface area contributed by atoms with Crippen LogP contribution in [0.3, 0.4) is 0 Å². The highest BCUT2D eigenvalue weighted by Gasteiger charge is 2.14. The predicted molar refractivity (Wildman–Crippen MR) is 114 cm³/mol. The SMILES string of the molecule is Brc1c(-c2ccccc2)cccc1-c1cccc2c1[nH]c1ccccc12. The number of aromatic amines is 1. The van der Waals surface area contributed by atoms with Gasteiger partial charge >= 0.3 is 0 Å². The van der Waals surface area contributed by atoms with Crippen molar-refractivity contribution in [3.05, 3.63) is 95.5 Å². The molecule has 1 N–H and O–H groups in total. The summed E-state index contributed by atoms with van der Waals surface area (Å²) in [5, 5.41) is 2.52. The fraction of sp³-hybridized carbons (Fsp3) is 0. The van der Waals surface area contributed by atoms with Crippen LogP contribution in [0.1, 0.15) is 0 Å². The van der Waals surface area contributed by atoms with Crippen LogP contribution in [0.4, 0.5) is 0 Å².